The van der Waals surface area contributed by atoms with Crippen LogP contribution in [0.15, 0.2) is 52.9 Å². The molecular formula is C15H13NO. The Hall–Kier alpha value is -2.22. The molecule has 17 heavy (non-hydrogen) atoms. The first-order valence-corrected chi connectivity index (χ1v) is 5.60. The lowest BCUT2D eigenvalue weighted by Gasteiger charge is -2.04. The van der Waals surface area contributed by atoms with E-state index in [1.165, 1.54) is 0 Å². The maximum atomic E-state index is 5.91. The highest BCUT2D eigenvalue weighted by Crippen LogP contribution is 2.31. The van der Waals surface area contributed by atoms with Crippen molar-refractivity contribution in [3.05, 3.63) is 54.1 Å². The Bertz CT molecular complexity index is 649. The highest BCUT2D eigenvalue weighted by atomic mass is 16.3. The molecule has 0 radical (unpaired) electrons. The molecule has 0 fully saturated rings. The minimum Gasteiger partial charge on any atom is -0.456 e. The fourth-order valence-electron chi connectivity index (χ4n) is 2.04. The number of furan rings is 1. The average Bonchev–Trinajstić information content (AvgIpc) is 2.76. The summed E-state index contributed by atoms with van der Waals surface area (Å²) < 4.78 is 5.83. The van der Waals surface area contributed by atoms with Gasteiger partial charge in [0, 0.05) is 16.6 Å². The molecule has 0 atom stereocenters. The van der Waals surface area contributed by atoms with Crippen LogP contribution in [-0.4, -0.2) is 0 Å². The Labute approximate surface area is 99.7 Å². The van der Waals surface area contributed by atoms with Crippen molar-refractivity contribution in [1.29, 1.82) is 0 Å². The number of para-hydroxylation sites is 1. The van der Waals surface area contributed by atoms with Gasteiger partial charge in [-0.3, -0.25) is 0 Å². The van der Waals surface area contributed by atoms with Crippen LogP contribution < -0.4 is 5.73 Å². The van der Waals surface area contributed by atoms with Crippen molar-refractivity contribution in [2.75, 3.05) is 5.73 Å². The molecule has 0 saturated heterocycles. The Balaban J connectivity index is 2.24. The van der Waals surface area contributed by atoms with Crippen molar-refractivity contribution in [3.63, 3.8) is 0 Å². The number of fused-ring (bicyclic) bond motifs is 1. The van der Waals surface area contributed by atoms with Gasteiger partial charge in [-0.05, 0) is 30.7 Å². The van der Waals surface area contributed by atoms with Crippen molar-refractivity contribution in [3.8, 4) is 11.3 Å². The van der Waals surface area contributed by atoms with Crippen LogP contribution >= 0.6 is 0 Å². The predicted molar refractivity (Wildman–Crippen MR) is 70.8 cm³/mol. The smallest absolute Gasteiger partial charge is 0.135 e. The zero-order chi connectivity index (χ0) is 11.8. The highest BCUT2D eigenvalue weighted by Gasteiger charge is 2.09. The lowest BCUT2D eigenvalue weighted by molar-refractivity contribution is 0.631. The molecule has 0 spiro atoms. The van der Waals surface area contributed by atoms with Crippen molar-refractivity contribution >= 4 is 16.7 Å². The second-order valence-electron chi connectivity index (χ2n) is 4.17. The van der Waals surface area contributed by atoms with Crippen LogP contribution in [-0.2, 0) is 0 Å². The summed E-state index contributed by atoms with van der Waals surface area (Å²) in [6.07, 6.45) is 0. The van der Waals surface area contributed by atoms with E-state index in [4.69, 9.17) is 10.2 Å². The molecule has 2 N–H and O–H groups in total. The van der Waals surface area contributed by atoms with E-state index in [2.05, 4.69) is 6.07 Å². The summed E-state index contributed by atoms with van der Waals surface area (Å²) in [7, 11) is 0. The zero-order valence-electron chi connectivity index (χ0n) is 9.60. The standard InChI is InChI=1S/C15H13NO/c1-10-12(6-4-7-13(10)16)15-9-11-5-2-3-8-14(11)17-15/h2-9H,16H2,1H3. The van der Waals surface area contributed by atoms with Gasteiger partial charge in [0.1, 0.15) is 11.3 Å². The van der Waals surface area contributed by atoms with Crippen molar-refractivity contribution in [2.24, 2.45) is 0 Å². The summed E-state index contributed by atoms with van der Waals surface area (Å²) in [6.45, 7) is 2.01. The fourth-order valence-corrected chi connectivity index (χ4v) is 2.04. The molecule has 0 aliphatic heterocycles. The highest BCUT2D eigenvalue weighted by molar-refractivity contribution is 5.84. The number of hydrogen-bond donors (Lipinski definition) is 1. The number of benzene rings is 2. The fraction of sp³-hybridized carbons (Fsp3) is 0.0667. The van der Waals surface area contributed by atoms with Gasteiger partial charge in [0.05, 0.1) is 0 Å². The second-order valence-corrected chi connectivity index (χ2v) is 4.17. The van der Waals surface area contributed by atoms with Gasteiger partial charge in [0.25, 0.3) is 0 Å². The molecule has 84 valence electrons. The van der Waals surface area contributed by atoms with Gasteiger partial charge in [-0.25, -0.2) is 0 Å². The van der Waals surface area contributed by atoms with E-state index < -0.39 is 0 Å². The summed E-state index contributed by atoms with van der Waals surface area (Å²) in [5.41, 5.74) is 9.73. The zero-order valence-corrected chi connectivity index (χ0v) is 9.60. The van der Waals surface area contributed by atoms with Crippen molar-refractivity contribution in [1.82, 2.24) is 0 Å². The summed E-state index contributed by atoms with van der Waals surface area (Å²) in [5, 5.41) is 1.12. The molecule has 2 heteroatoms. The van der Waals surface area contributed by atoms with Crippen LogP contribution in [0.25, 0.3) is 22.3 Å². The molecule has 0 aliphatic carbocycles. The van der Waals surface area contributed by atoms with E-state index in [0.29, 0.717) is 0 Å². The molecule has 0 bridgehead atoms. The molecule has 1 aromatic heterocycles. The van der Waals surface area contributed by atoms with E-state index in [1.54, 1.807) is 0 Å². The van der Waals surface area contributed by atoms with Gasteiger partial charge in [-0.2, -0.15) is 0 Å². The first kappa shape index (κ1) is 9.97. The Morgan fingerprint density at radius 3 is 2.65 bits per heavy atom. The van der Waals surface area contributed by atoms with E-state index in [9.17, 15) is 0 Å². The van der Waals surface area contributed by atoms with E-state index in [0.717, 1.165) is 33.5 Å². The van der Waals surface area contributed by atoms with Crippen LogP contribution in [0, 0.1) is 6.92 Å². The van der Waals surface area contributed by atoms with E-state index in [-0.39, 0.29) is 0 Å². The maximum absolute atomic E-state index is 5.91. The van der Waals surface area contributed by atoms with Gasteiger partial charge >= 0.3 is 0 Å². The lowest BCUT2D eigenvalue weighted by Crippen LogP contribution is -1.90. The summed E-state index contributed by atoms with van der Waals surface area (Å²) in [4.78, 5) is 0. The van der Waals surface area contributed by atoms with Crippen molar-refractivity contribution < 1.29 is 4.42 Å². The third-order valence-corrected chi connectivity index (χ3v) is 3.07. The average molecular weight is 223 g/mol. The molecule has 3 rings (SSSR count). The quantitative estimate of drug-likeness (QED) is 0.633. The Morgan fingerprint density at radius 1 is 1.00 bits per heavy atom. The van der Waals surface area contributed by atoms with Gasteiger partial charge in [0.2, 0.25) is 0 Å². The monoisotopic (exact) mass is 223 g/mol. The van der Waals surface area contributed by atoms with Crippen molar-refractivity contribution in [2.45, 2.75) is 6.92 Å². The topological polar surface area (TPSA) is 39.2 Å². The van der Waals surface area contributed by atoms with E-state index >= 15 is 0 Å². The summed E-state index contributed by atoms with van der Waals surface area (Å²) in [6, 6.07) is 15.9. The first-order chi connectivity index (χ1) is 8.25. The minimum atomic E-state index is 0.794. The number of nitrogen functional groups attached to an aromatic ring is 1. The second kappa shape index (κ2) is 3.67. The third kappa shape index (κ3) is 1.58. The number of rotatable bonds is 1. The predicted octanol–water partition coefficient (Wildman–Crippen LogP) is 3.99. The number of nitrogens with two attached hydrogens (primary N) is 1. The molecule has 2 nitrogen and oxygen atoms in total. The van der Waals surface area contributed by atoms with Gasteiger partial charge in [0.15, 0.2) is 0 Å². The third-order valence-electron chi connectivity index (χ3n) is 3.07. The van der Waals surface area contributed by atoms with Gasteiger partial charge in [-0.1, -0.05) is 30.3 Å². The molecular weight excluding hydrogens is 210 g/mol. The maximum Gasteiger partial charge on any atom is 0.135 e. The van der Waals surface area contributed by atoms with E-state index in [1.807, 2.05) is 49.4 Å². The normalized spacial score (nSPS) is 10.9. The molecule has 2 aromatic carbocycles. The van der Waals surface area contributed by atoms with Gasteiger partial charge in [-0.15, -0.1) is 0 Å². The van der Waals surface area contributed by atoms with Crippen LogP contribution in [0.1, 0.15) is 5.56 Å². The number of hydrogen-bond acceptors (Lipinski definition) is 2. The largest absolute Gasteiger partial charge is 0.456 e. The first-order valence-electron chi connectivity index (χ1n) is 5.60. The molecule has 1 heterocycles. The summed E-state index contributed by atoms with van der Waals surface area (Å²) >= 11 is 0. The SMILES string of the molecule is Cc1c(N)cccc1-c1cc2ccccc2o1. The Morgan fingerprint density at radius 2 is 1.82 bits per heavy atom. The van der Waals surface area contributed by atoms with Crippen LogP contribution in [0.5, 0.6) is 0 Å². The molecule has 0 unspecified atom stereocenters. The number of anilines is 1. The molecule has 0 aliphatic rings. The molecule has 0 amide bonds. The molecule has 3 aromatic rings. The van der Waals surface area contributed by atoms with Crippen LogP contribution in [0.4, 0.5) is 5.69 Å². The summed E-state index contributed by atoms with van der Waals surface area (Å²) in [5.74, 6) is 0.871. The molecule has 0 saturated carbocycles. The minimum absolute atomic E-state index is 0.794. The Kier molecular flexibility index (Phi) is 2.15. The van der Waals surface area contributed by atoms with Crippen LogP contribution in [0.2, 0.25) is 0 Å². The lowest BCUT2D eigenvalue weighted by atomic mass is 10.0. The van der Waals surface area contributed by atoms with Gasteiger partial charge < -0.3 is 10.2 Å². The van der Waals surface area contributed by atoms with Crippen LogP contribution in [0.3, 0.4) is 0 Å².